The lowest BCUT2D eigenvalue weighted by molar-refractivity contribution is -0.131. The second-order valence-corrected chi connectivity index (χ2v) is 10.7. The highest BCUT2D eigenvalue weighted by atomic mass is 19.3. The lowest BCUT2D eigenvalue weighted by Gasteiger charge is -2.15. The Bertz CT molecular complexity index is 1860. The molecule has 0 aliphatic rings. The van der Waals surface area contributed by atoms with Crippen LogP contribution >= 0.6 is 0 Å². The second kappa shape index (κ2) is 14.1. The van der Waals surface area contributed by atoms with Crippen LogP contribution in [0.2, 0.25) is 0 Å². The lowest BCUT2D eigenvalue weighted by atomic mass is 9.97. The van der Waals surface area contributed by atoms with Crippen molar-refractivity contribution in [1.29, 1.82) is 0 Å². The van der Waals surface area contributed by atoms with Crippen LogP contribution in [0.1, 0.15) is 37.3 Å². The number of hydrogen-bond acceptors (Lipinski definition) is 3. The van der Waals surface area contributed by atoms with Crippen LogP contribution < -0.4 is 4.74 Å². The first-order chi connectivity index (χ1) is 22.4. The first-order valence-electron chi connectivity index (χ1n) is 14.6. The molecule has 5 aromatic rings. The molecule has 0 unspecified atom stereocenters. The quantitative estimate of drug-likeness (QED) is 0.0808. The predicted molar refractivity (Wildman–Crippen MR) is 162 cm³/mol. The van der Waals surface area contributed by atoms with E-state index in [1.165, 1.54) is 12.1 Å². The van der Waals surface area contributed by atoms with Crippen molar-refractivity contribution in [2.24, 2.45) is 0 Å². The van der Waals surface area contributed by atoms with Gasteiger partial charge in [-0.15, -0.1) is 0 Å². The Morgan fingerprint density at radius 3 is 1.83 bits per heavy atom. The summed E-state index contributed by atoms with van der Waals surface area (Å²) < 4.78 is 117. The van der Waals surface area contributed by atoms with Gasteiger partial charge in [0, 0.05) is 47.3 Å². The molecule has 0 N–H and O–H groups in total. The molecule has 0 bridgehead atoms. The van der Waals surface area contributed by atoms with Gasteiger partial charge in [0.05, 0.1) is 0 Å². The van der Waals surface area contributed by atoms with Gasteiger partial charge >= 0.3 is 6.11 Å². The van der Waals surface area contributed by atoms with E-state index in [2.05, 4.69) is 21.6 Å². The van der Waals surface area contributed by atoms with Crippen molar-refractivity contribution in [2.45, 2.75) is 38.7 Å². The highest BCUT2D eigenvalue weighted by Gasteiger charge is 2.29. The highest BCUT2D eigenvalue weighted by molar-refractivity contribution is 5.73. The Balaban J connectivity index is 1.30. The molecule has 3 nitrogen and oxygen atoms in total. The first-order valence-corrected chi connectivity index (χ1v) is 14.6. The maximum atomic E-state index is 15.2. The SMILES string of the molecule is CCCCCc1cnc(-c2ccc(-c3ccc(-c4cc(F)c(C=CC(F)(F)Oc5cc(F)c(F)c(F)c5)c(F)c4)c(F)c3)cc2)nc1. The number of rotatable bonds is 11. The van der Waals surface area contributed by atoms with Crippen LogP contribution in [0.5, 0.6) is 5.75 Å². The van der Waals surface area contributed by atoms with E-state index in [1.807, 2.05) is 0 Å². The van der Waals surface area contributed by atoms with E-state index in [4.69, 9.17) is 0 Å². The van der Waals surface area contributed by atoms with E-state index >= 15 is 4.39 Å². The standard InChI is InChI=1S/C36H26F8N2O/c1-2-3-4-5-21-19-45-35(46-20-21)23-8-6-22(7-9-23)24-10-11-27(29(37)14-24)25-15-30(38)28(31(39)16-25)12-13-36(43,44)47-26-17-32(40)34(42)33(41)18-26/h6-20H,2-5H2,1H3. The fourth-order valence-electron chi connectivity index (χ4n) is 4.81. The molecule has 0 atom stereocenters. The number of alkyl halides is 2. The number of aromatic nitrogens is 2. The Kier molecular flexibility index (Phi) is 10.0. The minimum absolute atomic E-state index is 0.0518. The third-order valence-corrected chi connectivity index (χ3v) is 7.27. The summed E-state index contributed by atoms with van der Waals surface area (Å²) in [5, 5.41) is 0. The third kappa shape index (κ3) is 8.03. The summed E-state index contributed by atoms with van der Waals surface area (Å²) in [6, 6.07) is 13.2. The van der Waals surface area contributed by atoms with Crippen LogP contribution in [0.25, 0.3) is 39.7 Å². The van der Waals surface area contributed by atoms with Gasteiger partial charge in [-0.05, 0) is 59.4 Å². The molecular formula is C36H26F8N2O. The van der Waals surface area contributed by atoms with E-state index < -0.39 is 52.3 Å². The Labute approximate surface area is 265 Å². The molecule has 0 saturated carbocycles. The van der Waals surface area contributed by atoms with Crippen molar-refractivity contribution >= 4 is 6.08 Å². The monoisotopic (exact) mass is 654 g/mol. The van der Waals surface area contributed by atoms with Crippen LogP contribution in [0, 0.1) is 34.9 Å². The molecule has 0 fully saturated rings. The number of halogens is 8. The molecule has 4 aromatic carbocycles. The summed E-state index contributed by atoms with van der Waals surface area (Å²) in [7, 11) is 0. The largest absolute Gasteiger partial charge is 0.429 e. The molecule has 0 aliphatic heterocycles. The molecule has 1 heterocycles. The number of ether oxygens (including phenoxy) is 1. The summed E-state index contributed by atoms with van der Waals surface area (Å²) in [6.45, 7) is 2.14. The molecular weight excluding hydrogens is 628 g/mol. The second-order valence-electron chi connectivity index (χ2n) is 10.7. The fourth-order valence-corrected chi connectivity index (χ4v) is 4.81. The summed E-state index contributed by atoms with van der Waals surface area (Å²) in [5.41, 5.74) is 1.77. The van der Waals surface area contributed by atoms with Gasteiger partial charge in [0.2, 0.25) is 0 Å². The zero-order valence-corrected chi connectivity index (χ0v) is 24.8. The predicted octanol–water partition coefficient (Wildman–Crippen LogP) is 10.7. The average molecular weight is 655 g/mol. The van der Waals surface area contributed by atoms with Crippen molar-refractivity contribution in [1.82, 2.24) is 9.97 Å². The van der Waals surface area contributed by atoms with Gasteiger partial charge in [0.25, 0.3) is 0 Å². The molecule has 0 aliphatic carbocycles. The topological polar surface area (TPSA) is 35.0 Å². The van der Waals surface area contributed by atoms with Crippen molar-refractivity contribution < 1.29 is 39.9 Å². The number of hydrogen-bond donors (Lipinski definition) is 0. The number of benzene rings is 4. The van der Waals surface area contributed by atoms with Gasteiger partial charge in [0.1, 0.15) is 23.2 Å². The minimum atomic E-state index is -4.29. The normalized spacial score (nSPS) is 11.8. The highest BCUT2D eigenvalue weighted by Crippen LogP contribution is 2.32. The van der Waals surface area contributed by atoms with Gasteiger partial charge in [0.15, 0.2) is 23.3 Å². The van der Waals surface area contributed by atoms with Crippen LogP contribution in [-0.4, -0.2) is 16.1 Å². The minimum Gasteiger partial charge on any atom is -0.429 e. The van der Waals surface area contributed by atoms with E-state index in [-0.39, 0.29) is 29.3 Å². The van der Waals surface area contributed by atoms with Gasteiger partial charge in [-0.25, -0.2) is 36.3 Å². The molecule has 242 valence electrons. The molecule has 5 rings (SSSR count). The Hall–Kier alpha value is -5.06. The third-order valence-electron chi connectivity index (χ3n) is 7.27. The molecule has 1 aromatic heterocycles. The van der Waals surface area contributed by atoms with Crippen LogP contribution in [0.3, 0.4) is 0 Å². The Morgan fingerprint density at radius 1 is 0.660 bits per heavy atom. The van der Waals surface area contributed by atoms with E-state index in [0.717, 1.165) is 48.9 Å². The zero-order chi connectivity index (χ0) is 33.7. The number of aryl methyl sites for hydroxylation is 1. The van der Waals surface area contributed by atoms with Gasteiger partial charge in [-0.1, -0.05) is 56.2 Å². The lowest BCUT2D eigenvalue weighted by Crippen LogP contribution is -2.21. The van der Waals surface area contributed by atoms with E-state index in [0.29, 0.717) is 23.0 Å². The van der Waals surface area contributed by atoms with Gasteiger partial charge < -0.3 is 4.74 Å². The first kappa shape index (κ1) is 33.3. The van der Waals surface area contributed by atoms with Gasteiger partial charge in [-0.2, -0.15) is 8.78 Å². The average Bonchev–Trinajstić information content (AvgIpc) is 3.03. The summed E-state index contributed by atoms with van der Waals surface area (Å²) >= 11 is 0. The van der Waals surface area contributed by atoms with Crippen molar-refractivity contribution in [3.8, 4) is 39.4 Å². The van der Waals surface area contributed by atoms with Crippen LogP contribution in [0.4, 0.5) is 35.1 Å². The maximum Gasteiger partial charge on any atom is 0.419 e. The maximum absolute atomic E-state index is 15.2. The molecule has 0 amide bonds. The summed E-state index contributed by atoms with van der Waals surface area (Å²) in [5.74, 6) is -9.29. The van der Waals surface area contributed by atoms with Gasteiger partial charge in [-0.3, -0.25) is 0 Å². The van der Waals surface area contributed by atoms with E-state index in [1.54, 1.807) is 42.7 Å². The molecule has 11 heteroatoms. The molecule has 0 saturated heterocycles. The number of unbranched alkanes of at least 4 members (excludes halogenated alkanes) is 2. The summed E-state index contributed by atoms with van der Waals surface area (Å²) in [4.78, 5) is 8.88. The van der Waals surface area contributed by atoms with E-state index in [9.17, 15) is 30.7 Å². The zero-order valence-electron chi connectivity index (χ0n) is 24.8. The van der Waals surface area contributed by atoms with Crippen LogP contribution in [-0.2, 0) is 6.42 Å². The van der Waals surface area contributed by atoms with Crippen molar-refractivity contribution in [3.05, 3.63) is 131 Å². The Morgan fingerprint density at radius 2 is 1.23 bits per heavy atom. The smallest absolute Gasteiger partial charge is 0.419 e. The fraction of sp³-hybridized carbons (Fsp3) is 0.167. The summed E-state index contributed by atoms with van der Waals surface area (Å²) in [6.07, 6.45) is 3.89. The molecule has 0 spiro atoms. The molecule has 47 heavy (non-hydrogen) atoms. The number of nitrogens with zero attached hydrogens (tertiary/aromatic N) is 2. The molecule has 0 radical (unpaired) electrons. The van der Waals surface area contributed by atoms with Crippen molar-refractivity contribution in [2.75, 3.05) is 0 Å². The van der Waals surface area contributed by atoms with Crippen LogP contribution in [0.15, 0.2) is 85.2 Å². The van der Waals surface area contributed by atoms with Crippen molar-refractivity contribution in [3.63, 3.8) is 0 Å².